The molecule has 1 aliphatic rings. The zero-order valence-corrected chi connectivity index (χ0v) is 11.1. The standard InChI is InChI=1S/C13H18N2O5/c16-12(8-15(17)18)11-5-3-4-10(14-11)9-20-13-6-1-2-7-19-13/h3-5,12-13,16H,1-2,6-9H2. The first-order valence-electron chi connectivity index (χ1n) is 6.64. The van der Waals surface area contributed by atoms with Crippen molar-refractivity contribution < 1.29 is 19.5 Å². The zero-order chi connectivity index (χ0) is 14.4. The number of hydrogen-bond donors (Lipinski definition) is 1. The van der Waals surface area contributed by atoms with Gasteiger partial charge in [-0.2, -0.15) is 0 Å². The maximum Gasteiger partial charge on any atom is 0.235 e. The van der Waals surface area contributed by atoms with Crippen LogP contribution in [0.25, 0.3) is 0 Å². The number of nitrogens with zero attached hydrogens (tertiary/aromatic N) is 2. The summed E-state index contributed by atoms with van der Waals surface area (Å²) >= 11 is 0. The van der Waals surface area contributed by atoms with E-state index < -0.39 is 17.6 Å². The van der Waals surface area contributed by atoms with E-state index in [2.05, 4.69) is 4.98 Å². The van der Waals surface area contributed by atoms with Crippen LogP contribution < -0.4 is 0 Å². The van der Waals surface area contributed by atoms with Crippen LogP contribution in [0, 0.1) is 10.1 Å². The molecular weight excluding hydrogens is 264 g/mol. The Balaban J connectivity index is 1.89. The molecule has 0 spiro atoms. The first-order valence-corrected chi connectivity index (χ1v) is 6.64. The number of nitro groups is 1. The summed E-state index contributed by atoms with van der Waals surface area (Å²) in [7, 11) is 0. The van der Waals surface area contributed by atoms with E-state index in [1.165, 1.54) is 0 Å². The fraction of sp³-hybridized carbons (Fsp3) is 0.615. The van der Waals surface area contributed by atoms with Crippen molar-refractivity contribution in [3.8, 4) is 0 Å². The molecule has 0 amide bonds. The molecule has 1 fully saturated rings. The van der Waals surface area contributed by atoms with Gasteiger partial charge in [-0.15, -0.1) is 0 Å². The van der Waals surface area contributed by atoms with Gasteiger partial charge in [0.15, 0.2) is 12.4 Å². The van der Waals surface area contributed by atoms with Gasteiger partial charge in [-0.1, -0.05) is 6.07 Å². The highest BCUT2D eigenvalue weighted by atomic mass is 16.7. The molecule has 1 aromatic heterocycles. The monoisotopic (exact) mass is 282 g/mol. The van der Waals surface area contributed by atoms with Gasteiger partial charge in [0.05, 0.1) is 18.0 Å². The summed E-state index contributed by atoms with van der Waals surface area (Å²) in [4.78, 5) is 14.0. The lowest BCUT2D eigenvalue weighted by Gasteiger charge is -2.22. The van der Waals surface area contributed by atoms with Gasteiger partial charge in [0, 0.05) is 11.5 Å². The molecular formula is C13H18N2O5. The molecule has 0 aromatic carbocycles. The van der Waals surface area contributed by atoms with E-state index in [0.29, 0.717) is 12.3 Å². The molecule has 110 valence electrons. The highest BCUT2D eigenvalue weighted by Crippen LogP contribution is 2.16. The Morgan fingerprint density at radius 1 is 1.55 bits per heavy atom. The molecule has 2 unspecified atom stereocenters. The van der Waals surface area contributed by atoms with E-state index in [4.69, 9.17) is 9.47 Å². The Morgan fingerprint density at radius 3 is 3.10 bits per heavy atom. The number of ether oxygens (including phenoxy) is 2. The minimum absolute atomic E-state index is 0.210. The van der Waals surface area contributed by atoms with Crippen molar-refractivity contribution in [2.24, 2.45) is 0 Å². The van der Waals surface area contributed by atoms with Crippen LogP contribution in [0.4, 0.5) is 0 Å². The predicted octanol–water partition coefficient (Wildman–Crippen LogP) is 1.43. The number of aliphatic hydroxyl groups is 1. The largest absolute Gasteiger partial charge is 0.380 e. The maximum absolute atomic E-state index is 10.4. The van der Waals surface area contributed by atoms with E-state index in [0.717, 1.165) is 19.3 Å². The van der Waals surface area contributed by atoms with Crippen LogP contribution in [0.3, 0.4) is 0 Å². The lowest BCUT2D eigenvalue weighted by molar-refractivity contribution is -0.491. The Bertz CT molecular complexity index is 448. The van der Waals surface area contributed by atoms with Gasteiger partial charge in [0.25, 0.3) is 0 Å². The van der Waals surface area contributed by atoms with E-state index in [-0.39, 0.29) is 18.6 Å². The van der Waals surface area contributed by atoms with E-state index in [1.807, 2.05) is 0 Å². The van der Waals surface area contributed by atoms with Crippen molar-refractivity contribution in [2.75, 3.05) is 13.2 Å². The number of aliphatic hydroxyl groups excluding tert-OH is 1. The molecule has 2 rings (SSSR count). The minimum Gasteiger partial charge on any atom is -0.380 e. The number of aromatic nitrogens is 1. The van der Waals surface area contributed by atoms with Crippen LogP contribution in [-0.2, 0) is 16.1 Å². The molecule has 0 saturated carbocycles. The van der Waals surface area contributed by atoms with Gasteiger partial charge in [-0.25, -0.2) is 0 Å². The Kier molecular flexibility index (Phi) is 5.40. The fourth-order valence-corrected chi connectivity index (χ4v) is 2.02. The first kappa shape index (κ1) is 14.8. The molecule has 1 aliphatic heterocycles. The van der Waals surface area contributed by atoms with Gasteiger partial charge in [0.1, 0.15) is 0 Å². The lowest BCUT2D eigenvalue weighted by atomic mass is 10.2. The van der Waals surface area contributed by atoms with Gasteiger partial charge in [-0.3, -0.25) is 15.1 Å². The zero-order valence-electron chi connectivity index (χ0n) is 11.1. The van der Waals surface area contributed by atoms with Crippen molar-refractivity contribution in [3.05, 3.63) is 39.7 Å². The second-order valence-electron chi connectivity index (χ2n) is 4.69. The number of rotatable bonds is 6. The predicted molar refractivity (Wildman–Crippen MR) is 69.4 cm³/mol. The van der Waals surface area contributed by atoms with Crippen molar-refractivity contribution in [1.82, 2.24) is 4.98 Å². The van der Waals surface area contributed by atoms with Crippen LogP contribution in [0.15, 0.2) is 18.2 Å². The smallest absolute Gasteiger partial charge is 0.235 e. The average molecular weight is 282 g/mol. The van der Waals surface area contributed by atoms with E-state index >= 15 is 0 Å². The van der Waals surface area contributed by atoms with Gasteiger partial charge in [-0.05, 0) is 31.4 Å². The van der Waals surface area contributed by atoms with E-state index in [1.54, 1.807) is 18.2 Å². The van der Waals surface area contributed by atoms with Crippen molar-refractivity contribution >= 4 is 0 Å². The summed E-state index contributed by atoms with van der Waals surface area (Å²) in [5.74, 6) is 0. The quantitative estimate of drug-likeness (QED) is 0.626. The Hall–Kier alpha value is -1.57. The molecule has 1 aromatic rings. The second-order valence-corrected chi connectivity index (χ2v) is 4.69. The topological polar surface area (TPSA) is 94.7 Å². The molecule has 20 heavy (non-hydrogen) atoms. The van der Waals surface area contributed by atoms with E-state index in [9.17, 15) is 15.2 Å². The van der Waals surface area contributed by atoms with Crippen LogP contribution >= 0.6 is 0 Å². The molecule has 2 heterocycles. The lowest BCUT2D eigenvalue weighted by Crippen LogP contribution is -2.22. The van der Waals surface area contributed by atoms with Gasteiger partial charge >= 0.3 is 0 Å². The third kappa shape index (κ3) is 4.52. The highest BCUT2D eigenvalue weighted by Gasteiger charge is 2.17. The average Bonchev–Trinajstić information content (AvgIpc) is 2.46. The normalized spacial score (nSPS) is 20.6. The van der Waals surface area contributed by atoms with Crippen LogP contribution in [0.1, 0.15) is 36.8 Å². The Labute approximate surface area is 116 Å². The fourth-order valence-electron chi connectivity index (χ4n) is 2.02. The summed E-state index contributed by atoms with van der Waals surface area (Å²) in [5.41, 5.74) is 0.909. The molecule has 2 atom stereocenters. The SMILES string of the molecule is O=[N+]([O-])CC(O)c1cccc(COC2CCCCO2)n1. The molecule has 1 N–H and O–H groups in total. The van der Waals surface area contributed by atoms with Crippen LogP contribution in [-0.4, -0.2) is 34.5 Å². The highest BCUT2D eigenvalue weighted by molar-refractivity contribution is 5.12. The van der Waals surface area contributed by atoms with Crippen molar-refractivity contribution in [2.45, 2.75) is 38.3 Å². The summed E-state index contributed by atoms with van der Waals surface area (Å²) in [6, 6.07) is 5.02. The molecule has 0 bridgehead atoms. The number of hydrogen-bond acceptors (Lipinski definition) is 6. The molecule has 0 radical (unpaired) electrons. The number of pyridine rings is 1. The molecule has 7 nitrogen and oxygen atoms in total. The summed E-state index contributed by atoms with van der Waals surface area (Å²) in [5, 5.41) is 20.0. The van der Waals surface area contributed by atoms with Crippen LogP contribution in [0.5, 0.6) is 0 Å². The minimum atomic E-state index is -1.20. The third-order valence-corrected chi connectivity index (χ3v) is 3.05. The van der Waals surface area contributed by atoms with Gasteiger partial charge in [0.2, 0.25) is 6.54 Å². The first-order chi connectivity index (χ1) is 9.65. The molecule has 1 saturated heterocycles. The second kappa shape index (κ2) is 7.28. The molecule has 7 heteroatoms. The van der Waals surface area contributed by atoms with Crippen molar-refractivity contribution in [1.29, 1.82) is 0 Å². The molecule has 0 aliphatic carbocycles. The van der Waals surface area contributed by atoms with Crippen molar-refractivity contribution in [3.63, 3.8) is 0 Å². The van der Waals surface area contributed by atoms with Gasteiger partial charge < -0.3 is 14.6 Å². The summed E-state index contributed by atoms with van der Waals surface area (Å²) in [6.07, 6.45) is 1.60. The van der Waals surface area contributed by atoms with Crippen LogP contribution in [0.2, 0.25) is 0 Å². The summed E-state index contributed by atoms with van der Waals surface area (Å²) in [6.45, 7) is 0.423. The summed E-state index contributed by atoms with van der Waals surface area (Å²) < 4.78 is 11.0. The maximum atomic E-state index is 10.4. The Morgan fingerprint density at radius 2 is 2.40 bits per heavy atom. The third-order valence-electron chi connectivity index (χ3n) is 3.05.